The molecule has 0 amide bonds. The van der Waals surface area contributed by atoms with Crippen LogP contribution in [0.15, 0.2) is 35.2 Å². The van der Waals surface area contributed by atoms with Crippen molar-refractivity contribution < 1.29 is 4.39 Å². The maximum atomic E-state index is 12.6. The first-order chi connectivity index (χ1) is 5.79. The Kier molecular flexibility index (Phi) is 4.41. The van der Waals surface area contributed by atoms with Crippen LogP contribution >= 0.6 is 11.6 Å². The van der Waals surface area contributed by atoms with Gasteiger partial charge in [0.15, 0.2) is 0 Å². The Balaban J connectivity index is 4.87. The summed E-state index contributed by atoms with van der Waals surface area (Å²) in [6, 6.07) is 0. The third kappa shape index (κ3) is 4.28. The molecule has 0 bridgehead atoms. The van der Waals surface area contributed by atoms with Gasteiger partial charge in [-0.3, -0.25) is 0 Å². The molecule has 0 aliphatic rings. The zero-order valence-electron chi connectivity index (χ0n) is 8.62. The first kappa shape index (κ1) is 12.4. The van der Waals surface area contributed by atoms with E-state index in [2.05, 4.69) is 6.58 Å². The molecule has 0 aliphatic carbocycles. The standard InChI is InChI=1S/C11H16ClF/c1-6-9(11(3,4)5)7-10(12)8(2)13/h6-7H,2H2,1,3-5H3/b9-6+,10-7+. The van der Waals surface area contributed by atoms with E-state index >= 15 is 0 Å². The van der Waals surface area contributed by atoms with E-state index in [1.54, 1.807) is 6.08 Å². The van der Waals surface area contributed by atoms with Crippen LogP contribution in [0.5, 0.6) is 0 Å². The molecule has 0 aromatic carbocycles. The summed E-state index contributed by atoms with van der Waals surface area (Å²) in [5.74, 6) is -0.592. The van der Waals surface area contributed by atoms with E-state index in [1.165, 1.54) is 0 Å². The molecule has 0 unspecified atom stereocenters. The molecule has 0 radical (unpaired) electrons. The fourth-order valence-corrected chi connectivity index (χ4v) is 1.07. The molecule has 74 valence electrons. The second-order valence-electron chi connectivity index (χ2n) is 3.89. The van der Waals surface area contributed by atoms with E-state index in [0.717, 1.165) is 5.57 Å². The maximum Gasteiger partial charge on any atom is 0.134 e. The van der Waals surface area contributed by atoms with Crippen LogP contribution in [0.3, 0.4) is 0 Å². The van der Waals surface area contributed by atoms with Crippen molar-refractivity contribution in [3.8, 4) is 0 Å². The number of allylic oxidation sites excluding steroid dienone is 5. The number of hydrogen-bond acceptors (Lipinski definition) is 0. The quantitative estimate of drug-likeness (QED) is 0.575. The van der Waals surface area contributed by atoms with Gasteiger partial charge in [-0.15, -0.1) is 0 Å². The molecule has 13 heavy (non-hydrogen) atoms. The molecule has 0 fully saturated rings. The summed E-state index contributed by atoms with van der Waals surface area (Å²) < 4.78 is 12.6. The predicted molar refractivity (Wildman–Crippen MR) is 57.4 cm³/mol. The molecule has 0 heterocycles. The number of halogens is 2. The molecular weight excluding hydrogens is 187 g/mol. The summed E-state index contributed by atoms with van der Waals surface area (Å²) in [4.78, 5) is 0. The Labute approximate surface area is 84.8 Å². The summed E-state index contributed by atoms with van der Waals surface area (Å²) in [5, 5.41) is 0.0722. The van der Waals surface area contributed by atoms with Gasteiger partial charge in [0.25, 0.3) is 0 Å². The van der Waals surface area contributed by atoms with E-state index in [9.17, 15) is 4.39 Å². The van der Waals surface area contributed by atoms with Gasteiger partial charge in [0.1, 0.15) is 5.83 Å². The van der Waals surface area contributed by atoms with E-state index in [1.807, 2.05) is 33.8 Å². The molecular formula is C11H16ClF. The lowest BCUT2D eigenvalue weighted by Gasteiger charge is -2.20. The SMILES string of the molecule is C=C(F)/C(Cl)=C\C(=C/C)C(C)(C)C. The normalized spacial score (nSPS) is 14.6. The molecule has 0 spiro atoms. The fraction of sp³-hybridized carbons (Fsp3) is 0.455. The Morgan fingerprint density at radius 1 is 1.38 bits per heavy atom. The van der Waals surface area contributed by atoms with Crippen molar-refractivity contribution in [1.82, 2.24) is 0 Å². The third-order valence-corrected chi connectivity index (χ3v) is 2.03. The smallest absolute Gasteiger partial charge is 0.134 e. The average molecular weight is 203 g/mol. The lowest BCUT2D eigenvalue weighted by Crippen LogP contribution is -2.07. The molecule has 0 saturated carbocycles. The topological polar surface area (TPSA) is 0 Å². The molecule has 0 aromatic rings. The molecule has 0 atom stereocenters. The lowest BCUT2D eigenvalue weighted by atomic mass is 9.86. The van der Waals surface area contributed by atoms with Crippen LogP contribution in [-0.4, -0.2) is 0 Å². The van der Waals surface area contributed by atoms with Gasteiger partial charge in [-0.25, -0.2) is 4.39 Å². The minimum absolute atomic E-state index is 0.0235. The Morgan fingerprint density at radius 3 is 2.08 bits per heavy atom. The number of rotatable bonds is 2. The first-order valence-electron chi connectivity index (χ1n) is 4.17. The van der Waals surface area contributed by atoms with Crippen LogP contribution < -0.4 is 0 Å². The predicted octanol–water partition coefficient (Wildman–Crippen LogP) is 4.58. The van der Waals surface area contributed by atoms with Crippen molar-refractivity contribution in [3.63, 3.8) is 0 Å². The molecule has 0 aromatic heterocycles. The highest BCUT2D eigenvalue weighted by molar-refractivity contribution is 6.31. The molecule has 0 N–H and O–H groups in total. The largest absolute Gasteiger partial charge is 0.206 e. The zero-order valence-corrected chi connectivity index (χ0v) is 9.37. The highest BCUT2D eigenvalue weighted by atomic mass is 35.5. The Hall–Kier alpha value is -0.560. The molecule has 0 rings (SSSR count). The summed E-state index contributed by atoms with van der Waals surface area (Å²) in [6.45, 7) is 11.2. The van der Waals surface area contributed by atoms with Crippen LogP contribution in [0.25, 0.3) is 0 Å². The van der Waals surface area contributed by atoms with Crippen LogP contribution in [0.4, 0.5) is 4.39 Å². The van der Waals surface area contributed by atoms with Gasteiger partial charge in [-0.2, -0.15) is 0 Å². The van der Waals surface area contributed by atoms with Crippen molar-refractivity contribution in [3.05, 3.63) is 35.2 Å². The molecule has 0 saturated heterocycles. The van der Waals surface area contributed by atoms with Crippen LogP contribution in [0, 0.1) is 5.41 Å². The van der Waals surface area contributed by atoms with Gasteiger partial charge in [0, 0.05) is 0 Å². The van der Waals surface area contributed by atoms with Crippen molar-refractivity contribution in [2.45, 2.75) is 27.7 Å². The second kappa shape index (κ2) is 4.61. The van der Waals surface area contributed by atoms with Gasteiger partial charge in [-0.05, 0) is 24.0 Å². The maximum absolute atomic E-state index is 12.6. The van der Waals surface area contributed by atoms with Gasteiger partial charge in [-0.1, -0.05) is 45.0 Å². The van der Waals surface area contributed by atoms with E-state index in [4.69, 9.17) is 11.6 Å². The fourth-order valence-electron chi connectivity index (χ4n) is 0.948. The van der Waals surface area contributed by atoms with Gasteiger partial charge < -0.3 is 0 Å². The summed E-state index contributed by atoms with van der Waals surface area (Å²) >= 11 is 5.64. The Bertz CT molecular complexity index is 254. The van der Waals surface area contributed by atoms with E-state index < -0.39 is 5.83 Å². The zero-order chi connectivity index (χ0) is 10.6. The first-order valence-corrected chi connectivity index (χ1v) is 4.55. The van der Waals surface area contributed by atoms with Crippen molar-refractivity contribution in [2.24, 2.45) is 5.41 Å². The monoisotopic (exact) mass is 202 g/mol. The molecule has 2 heteroatoms. The summed E-state index contributed by atoms with van der Waals surface area (Å²) in [7, 11) is 0. The minimum atomic E-state index is -0.592. The van der Waals surface area contributed by atoms with E-state index in [-0.39, 0.29) is 10.4 Å². The van der Waals surface area contributed by atoms with Crippen LogP contribution in [0.1, 0.15) is 27.7 Å². The van der Waals surface area contributed by atoms with Crippen molar-refractivity contribution >= 4 is 11.6 Å². The second-order valence-corrected chi connectivity index (χ2v) is 4.30. The van der Waals surface area contributed by atoms with Crippen LogP contribution in [0.2, 0.25) is 0 Å². The summed E-state index contributed by atoms with van der Waals surface area (Å²) in [5.41, 5.74) is 0.973. The van der Waals surface area contributed by atoms with Crippen molar-refractivity contribution in [2.75, 3.05) is 0 Å². The van der Waals surface area contributed by atoms with Crippen molar-refractivity contribution in [1.29, 1.82) is 0 Å². The minimum Gasteiger partial charge on any atom is -0.206 e. The summed E-state index contributed by atoms with van der Waals surface area (Å²) in [6.07, 6.45) is 3.54. The number of hydrogen-bond donors (Lipinski definition) is 0. The van der Waals surface area contributed by atoms with Gasteiger partial charge >= 0.3 is 0 Å². The lowest BCUT2D eigenvalue weighted by molar-refractivity contribution is 0.515. The third-order valence-electron chi connectivity index (χ3n) is 1.72. The Morgan fingerprint density at radius 2 is 1.85 bits per heavy atom. The van der Waals surface area contributed by atoms with Crippen LogP contribution in [-0.2, 0) is 0 Å². The molecule has 0 aliphatic heterocycles. The van der Waals surface area contributed by atoms with E-state index in [0.29, 0.717) is 0 Å². The highest BCUT2D eigenvalue weighted by Gasteiger charge is 2.14. The average Bonchev–Trinajstić information content (AvgIpc) is 1.96. The molecule has 0 nitrogen and oxygen atoms in total. The highest BCUT2D eigenvalue weighted by Crippen LogP contribution is 2.29. The van der Waals surface area contributed by atoms with Gasteiger partial charge in [0.05, 0.1) is 5.03 Å². The van der Waals surface area contributed by atoms with Gasteiger partial charge in [0.2, 0.25) is 0 Å².